The Morgan fingerprint density at radius 3 is 2.43 bits per heavy atom. The summed E-state index contributed by atoms with van der Waals surface area (Å²) in [6, 6.07) is 1.30. The van der Waals surface area contributed by atoms with Gasteiger partial charge in [0, 0.05) is 6.20 Å². The van der Waals surface area contributed by atoms with E-state index >= 15 is 0 Å². The monoisotopic (exact) mass is 206 g/mol. The molecule has 0 saturated carbocycles. The Bertz CT molecular complexity index is 296. The number of nitrogens with zero attached hydrogens (tertiary/aromatic N) is 1. The molecule has 1 heterocycles. The molecule has 14 heavy (non-hydrogen) atoms. The normalized spacial score (nSPS) is 14.1. The summed E-state index contributed by atoms with van der Waals surface area (Å²) in [4.78, 5) is 3.51. The first-order chi connectivity index (χ1) is 6.45. The van der Waals surface area contributed by atoms with Crippen LogP contribution >= 0.6 is 0 Å². The fraction of sp³-hybridized carbons (Fsp3) is 0.375. The van der Waals surface area contributed by atoms with Gasteiger partial charge in [-0.3, -0.25) is 4.98 Å². The molecule has 3 nitrogen and oxygen atoms in total. The van der Waals surface area contributed by atoms with Crippen LogP contribution in [-0.4, -0.2) is 16.7 Å². The molecule has 1 atom stereocenters. The summed E-state index contributed by atoms with van der Waals surface area (Å²) in [5, 5.41) is 8.63. The number of aromatic nitrogens is 1. The molecule has 1 aromatic rings. The van der Waals surface area contributed by atoms with E-state index < -0.39 is 17.8 Å². The van der Waals surface area contributed by atoms with Crippen LogP contribution in [0.15, 0.2) is 18.3 Å². The summed E-state index contributed by atoms with van der Waals surface area (Å²) >= 11 is 0. The molecule has 0 aliphatic carbocycles. The zero-order chi connectivity index (χ0) is 10.8. The van der Waals surface area contributed by atoms with Gasteiger partial charge in [0.25, 0.3) is 0 Å². The maximum absolute atomic E-state index is 12.1. The number of aliphatic hydroxyl groups is 1. The predicted molar refractivity (Wildman–Crippen MR) is 43.3 cm³/mol. The third-order valence-electron chi connectivity index (χ3n) is 1.69. The lowest BCUT2D eigenvalue weighted by Gasteiger charge is -2.09. The van der Waals surface area contributed by atoms with E-state index in [1.807, 2.05) is 0 Å². The number of alkyl halides is 3. The summed E-state index contributed by atoms with van der Waals surface area (Å²) in [5.41, 5.74) is 4.77. The molecule has 0 saturated heterocycles. The minimum Gasteiger partial charge on any atom is -0.394 e. The number of hydrogen-bond acceptors (Lipinski definition) is 3. The molecule has 3 N–H and O–H groups in total. The summed E-state index contributed by atoms with van der Waals surface area (Å²) in [6.07, 6.45) is -3.69. The molecule has 0 fully saturated rings. The molecular weight excluding hydrogens is 197 g/mol. The van der Waals surface area contributed by atoms with Crippen molar-refractivity contribution in [3.05, 3.63) is 29.6 Å². The van der Waals surface area contributed by atoms with Crippen LogP contribution in [0.3, 0.4) is 0 Å². The minimum absolute atomic E-state index is 0.237. The second-order valence-corrected chi connectivity index (χ2v) is 2.76. The highest BCUT2D eigenvalue weighted by atomic mass is 19.4. The van der Waals surface area contributed by atoms with Crippen LogP contribution in [0.5, 0.6) is 0 Å². The molecule has 0 amide bonds. The molecule has 6 heteroatoms. The summed E-state index contributed by atoms with van der Waals surface area (Å²) in [7, 11) is 0. The maximum Gasteiger partial charge on any atom is 0.417 e. The van der Waals surface area contributed by atoms with Crippen LogP contribution in [0, 0.1) is 0 Å². The Morgan fingerprint density at radius 1 is 1.43 bits per heavy atom. The van der Waals surface area contributed by atoms with Gasteiger partial charge in [0.1, 0.15) is 0 Å². The van der Waals surface area contributed by atoms with Crippen molar-refractivity contribution in [1.82, 2.24) is 4.98 Å². The highest BCUT2D eigenvalue weighted by Gasteiger charge is 2.30. The van der Waals surface area contributed by atoms with E-state index in [4.69, 9.17) is 10.8 Å². The Kier molecular flexibility index (Phi) is 3.07. The number of rotatable bonds is 2. The van der Waals surface area contributed by atoms with Crippen molar-refractivity contribution in [3.63, 3.8) is 0 Å². The van der Waals surface area contributed by atoms with E-state index in [0.29, 0.717) is 6.20 Å². The standard InChI is InChI=1S/C8H9F3N2O/c9-8(10,11)5-1-2-7(13-3-5)6(12)4-14/h1-3,6,14H,4,12H2/t6-/m0/s1. The maximum atomic E-state index is 12.1. The first-order valence-corrected chi connectivity index (χ1v) is 3.84. The van der Waals surface area contributed by atoms with E-state index in [1.165, 1.54) is 0 Å². The second-order valence-electron chi connectivity index (χ2n) is 2.76. The first-order valence-electron chi connectivity index (χ1n) is 3.84. The van der Waals surface area contributed by atoms with E-state index in [1.54, 1.807) is 0 Å². The van der Waals surface area contributed by atoms with Gasteiger partial charge in [0.2, 0.25) is 0 Å². The zero-order valence-electron chi connectivity index (χ0n) is 7.12. The number of halogens is 3. The van der Waals surface area contributed by atoms with Gasteiger partial charge >= 0.3 is 6.18 Å². The lowest BCUT2D eigenvalue weighted by atomic mass is 10.2. The lowest BCUT2D eigenvalue weighted by molar-refractivity contribution is -0.137. The van der Waals surface area contributed by atoms with Crippen molar-refractivity contribution in [3.8, 4) is 0 Å². The van der Waals surface area contributed by atoms with Gasteiger partial charge in [0.05, 0.1) is 23.9 Å². The highest BCUT2D eigenvalue weighted by Crippen LogP contribution is 2.28. The number of hydrogen-bond donors (Lipinski definition) is 2. The van der Waals surface area contributed by atoms with Crippen molar-refractivity contribution in [1.29, 1.82) is 0 Å². The van der Waals surface area contributed by atoms with E-state index in [-0.39, 0.29) is 12.3 Å². The Labute approximate surface area is 78.4 Å². The zero-order valence-corrected chi connectivity index (χ0v) is 7.12. The molecule has 0 radical (unpaired) electrons. The lowest BCUT2D eigenvalue weighted by Crippen LogP contribution is -2.16. The van der Waals surface area contributed by atoms with E-state index in [9.17, 15) is 13.2 Å². The van der Waals surface area contributed by atoms with Crippen LogP contribution in [0.1, 0.15) is 17.3 Å². The molecular formula is C8H9F3N2O. The van der Waals surface area contributed by atoms with Crippen LogP contribution in [0.25, 0.3) is 0 Å². The second kappa shape index (κ2) is 3.93. The van der Waals surface area contributed by atoms with Crippen molar-refractivity contribution in [2.24, 2.45) is 5.73 Å². The molecule has 78 valence electrons. The smallest absolute Gasteiger partial charge is 0.394 e. The quantitative estimate of drug-likeness (QED) is 0.761. The van der Waals surface area contributed by atoms with Gasteiger partial charge in [-0.25, -0.2) is 0 Å². The summed E-state index contributed by atoms with van der Waals surface area (Å²) in [6.45, 7) is -0.349. The molecule has 0 aliphatic heterocycles. The summed E-state index contributed by atoms with van der Waals surface area (Å²) in [5.74, 6) is 0. The van der Waals surface area contributed by atoms with Gasteiger partial charge in [-0.2, -0.15) is 13.2 Å². The van der Waals surface area contributed by atoms with Crippen LogP contribution < -0.4 is 5.73 Å². The Hall–Kier alpha value is -1.14. The van der Waals surface area contributed by atoms with Gasteiger partial charge in [-0.05, 0) is 12.1 Å². The van der Waals surface area contributed by atoms with Gasteiger partial charge < -0.3 is 10.8 Å². The highest BCUT2D eigenvalue weighted by molar-refractivity contribution is 5.18. The number of pyridine rings is 1. The van der Waals surface area contributed by atoms with E-state index in [2.05, 4.69) is 4.98 Å². The van der Waals surface area contributed by atoms with E-state index in [0.717, 1.165) is 12.1 Å². The Morgan fingerprint density at radius 2 is 2.07 bits per heavy atom. The average Bonchev–Trinajstić information content (AvgIpc) is 2.15. The van der Waals surface area contributed by atoms with Gasteiger partial charge in [-0.1, -0.05) is 0 Å². The molecule has 0 spiro atoms. The topological polar surface area (TPSA) is 59.1 Å². The van der Waals surface area contributed by atoms with Crippen LogP contribution in [-0.2, 0) is 6.18 Å². The number of aliphatic hydroxyl groups excluding tert-OH is 1. The SMILES string of the molecule is N[C@@H](CO)c1ccc(C(F)(F)F)cn1. The molecule has 0 aliphatic rings. The van der Waals surface area contributed by atoms with Gasteiger partial charge in [0.15, 0.2) is 0 Å². The Balaban J connectivity index is 2.89. The van der Waals surface area contributed by atoms with Crippen molar-refractivity contribution >= 4 is 0 Å². The summed E-state index contributed by atoms with van der Waals surface area (Å²) < 4.78 is 36.2. The van der Waals surface area contributed by atoms with Crippen molar-refractivity contribution in [2.45, 2.75) is 12.2 Å². The third-order valence-corrected chi connectivity index (χ3v) is 1.69. The fourth-order valence-electron chi connectivity index (χ4n) is 0.886. The largest absolute Gasteiger partial charge is 0.417 e. The number of nitrogens with two attached hydrogens (primary N) is 1. The van der Waals surface area contributed by atoms with Crippen molar-refractivity contribution < 1.29 is 18.3 Å². The molecule has 1 aromatic heterocycles. The predicted octanol–water partition coefficient (Wildman–Crippen LogP) is 1.09. The first kappa shape index (κ1) is 10.9. The molecule has 0 unspecified atom stereocenters. The fourth-order valence-corrected chi connectivity index (χ4v) is 0.886. The van der Waals surface area contributed by atoms with Crippen molar-refractivity contribution in [2.75, 3.05) is 6.61 Å². The van der Waals surface area contributed by atoms with Crippen LogP contribution in [0.2, 0.25) is 0 Å². The average molecular weight is 206 g/mol. The molecule has 0 bridgehead atoms. The third kappa shape index (κ3) is 2.43. The minimum atomic E-state index is -4.39. The molecule has 1 rings (SSSR count). The van der Waals surface area contributed by atoms with Crippen LogP contribution in [0.4, 0.5) is 13.2 Å². The van der Waals surface area contributed by atoms with Gasteiger partial charge in [-0.15, -0.1) is 0 Å². The molecule has 0 aromatic carbocycles.